The van der Waals surface area contributed by atoms with E-state index in [9.17, 15) is 9.59 Å². The van der Waals surface area contributed by atoms with Crippen molar-refractivity contribution in [2.24, 2.45) is 0 Å². The minimum Gasteiger partial charge on any atom is -0.493 e. The summed E-state index contributed by atoms with van der Waals surface area (Å²) in [5.74, 6) is 0.863. The quantitative estimate of drug-likeness (QED) is 0.690. The third-order valence-electron chi connectivity index (χ3n) is 5.62. The molecule has 0 aliphatic heterocycles. The topological polar surface area (TPSA) is 99.9 Å². The number of carbonyl (C=O) groups excluding carboxylic acids is 2. The Kier molecular flexibility index (Phi) is 6.64. The van der Waals surface area contributed by atoms with Gasteiger partial charge < -0.3 is 24.1 Å². The molecule has 3 rings (SSSR count). The third kappa shape index (κ3) is 4.42. The predicted octanol–water partition coefficient (Wildman–Crippen LogP) is 3.48. The van der Waals surface area contributed by atoms with Crippen LogP contribution in [0.1, 0.15) is 59.5 Å². The monoisotopic (exact) mass is 416 g/mol. The molecule has 0 bridgehead atoms. The Morgan fingerprint density at radius 2 is 1.87 bits per heavy atom. The van der Waals surface area contributed by atoms with E-state index < -0.39 is 11.5 Å². The fraction of sp³-hybridized carbons (Fsp3) is 0.500. The summed E-state index contributed by atoms with van der Waals surface area (Å²) in [5, 5.41) is 6.82. The number of hydrogen-bond acceptors (Lipinski definition) is 7. The molecule has 162 valence electrons. The minimum atomic E-state index is -0.976. The van der Waals surface area contributed by atoms with E-state index in [1.165, 1.54) is 14.2 Å². The maximum Gasteiger partial charge on any atom is 0.331 e. The Hall–Kier alpha value is -3.03. The van der Waals surface area contributed by atoms with E-state index in [4.69, 9.17) is 18.7 Å². The highest BCUT2D eigenvalue weighted by Crippen LogP contribution is 2.32. The molecular weight excluding hydrogens is 388 g/mol. The van der Waals surface area contributed by atoms with Gasteiger partial charge in [0.25, 0.3) is 5.91 Å². The molecule has 1 aliphatic rings. The highest BCUT2D eigenvalue weighted by molar-refractivity contribution is 5.98. The van der Waals surface area contributed by atoms with E-state index in [1.54, 1.807) is 18.2 Å². The summed E-state index contributed by atoms with van der Waals surface area (Å²) in [6, 6.07) is 4.93. The lowest BCUT2D eigenvalue weighted by molar-refractivity contribution is -0.149. The molecule has 1 amide bonds. The van der Waals surface area contributed by atoms with Gasteiger partial charge in [0.15, 0.2) is 11.5 Å². The number of benzene rings is 1. The van der Waals surface area contributed by atoms with Gasteiger partial charge in [-0.3, -0.25) is 4.79 Å². The zero-order chi connectivity index (χ0) is 21.7. The molecule has 0 atom stereocenters. The molecule has 1 aliphatic carbocycles. The van der Waals surface area contributed by atoms with Gasteiger partial charge in [-0.2, -0.15) is 0 Å². The van der Waals surface area contributed by atoms with Gasteiger partial charge in [0, 0.05) is 5.56 Å². The molecule has 1 aromatic heterocycles. The van der Waals surface area contributed by atoms with Crippen molar-refractivity contribution in [3.63, 3.8) is 0 Å². The molecule has 0 radical (unpaired) electrons. The summed E-state index contributed by atoms with van der Waals surface area (Å²) >= 11 is 0. The maximum atomic E-state index is 12.9. The fourth-order valence-corrected chi connectivity index (χ4v) is 3.81. The Morgan fingerprint density at radius 3 is 2.47 bits per heavy atom. The second-order valence-corrected chi connectivity index (χ2v) is 7.55. The van der Waals surface area contributed by atoms with Crippen molar-refractivity contribution in [1.82, 2.24) is 10.5 Å². The number of amides is 1. The molecule has 1 aromatic carbocycles. The van der Waals surface area contributed by atoms with Gasteiger partial charge in [-0.25, -0.2) is 4.79 Å². The number of ether oxygens (including phenoxy) is 3. The minimum absolute atomic E-state index is 0.272. The lowest BCUT2D eigenvalue weighted by Gasteiger charge is -2.35. The van der Waals surface area contributed by atoms with Gasteiger partial charge in [-0.05, 0) is 44.9 Å². The first-order valence-electron chi connectivity index (χ1n) is 10.0. The first kappa shape index (κ1) is 21.7. The lowest BCUT2D eigenvalue weighted by atomic mass is 9.81. The molecule has 0 saturated heterocycles. The van der Waals surface area contributed by atoms with Crippen LogP contribution in [-0.4, -0.2) is 36.8 Å². The highest BCUT2D eigenvalue weighted by Gasteiger charge is 2.42. The van der Waals surface area contributed by atoms with Crippen molar-refractivity contribution >= 4 is 11.9 Å². The largest absolute Gasteiger partial charge is 0.493 e. The zero-order valence-corrected chi connectivity index (χ0v) is 17.9. The molecule has 0 spiro atoms. The Bertz CT molecular complexity index is 895. The van der Waals surface area contributed by atoms with Crippen molar-refractivity contribution in [1.29, 1.82) is 0 Å². The Morgan fingerprint density at radius 1 is 1.13 bits per heavy atom. The molecule has 1 saturated carbocycles. The first-order chi connectivity index (χ1) is 14.4. The van der Waals surface area contributed by atoms with Gasteiger partial charge >= 0.3 is 5.97 Å². The average molecular weight is 416 g/mol. The van der Waals surface area contributed by atoms with Crippen molar-refractivity contribution in [2.45, 2.75) is 58.1 Å². The molecule has 30 heavy (non-hydrogen) atoms. The summed E-state index contributed by atoms with van der Waals surface area (Å²) in [7, 11) is 2.86. The van der Waals surface area contributed by atoms with Gasteiger partial charge in [0.1, 0.15) is 17.9 Å². The van der Waals surface area contributed by atoms with Crippen molar-refractivity contribution in [3.8, 4) is 11.5 Å². The third-order valence-corrected chi connectivity index (χ3v) is 5.62. The molecule has 1 fully saturated rings. The second kappa shape index (κ2) is 9.19. The maximum absolute atomic E-state index is 12.9. The smallest absolute Gasteiger partial charge is 0.331 e. The van der Waals surface area contributed by atoms with E-state index >= 15 is 0 Å². The van der Waals surface area contributed by atoms with E-state index in [0.29, 0.717) is 35.7 Å². The molecule has 0 unspecified atom stereocenters. The van der Waals surface area contributed by atoms with E-state index in [2.05, 4.69) is 10.5 Å². The van der Waals surface area contributed by atoms with Crippen LogP contribution in [0.5, 0.6) is 11.5 Å². The number of rotatable bonds is 7. The SMILES string of the molecule is COC(=O)C1(NC(=O)c2ccc(OCc3c(C)noc3C)c(OC)c2)CCCCC1. The predicted molar refractivity (Wildman–Crippen MR) is 109 cm³/mol. The number of aryl methyl sites for hydroxylation is 2. The number of nitrogens with zero attached hydrogens (tertiary/aromatic N) is 1. The highest BCUT2D eigenvalue weighted by atomic mass is 16.5. The van der Waals surface area contributed by atoms with E-state index in [1.807, 2.05) is 13.8 Å². The number of carbonyl (C=O) groups is 2. The number of esters is 1. The summed E-state index contributed by atoms with van der Waals surface area (Å²) in [5.41, 5.74) is 1.04. The number of methoxy groups -OCH3 is 2. The standard InChI is InChI=1S/C22H28N2O6/c1-14-17(15(2)30-24-14)13-29-18-9-8-16(12-19(18)27-3)20(25)23-22(21(26)28-4)10-6-5-7-11-22/h8-9,12H,5-7,10-11,13H2,1-4H3,(H,23,25). The van der Waals surface area contributed by atoms with Crippen molar-refractivity contribution in [2.75, 3.05) is 14.2 Å². The summed E-state index contributed by atoms with van der Waals surface area (Å²) < 4.78 is 21.4. The van der Waals surface area contributed by atoms with Crippen LogP contribution in [0.4, 0.5) is 0 Å². The second-order valence-electron chi connectivity index (χ2n) is 7.55. The van der Waals surface area contributed by atoms with Crippen LogP contribution in [0, 0.1) is 13.8 Å². The van der Waals surface area contributed by atoms with Gasteiger partial charge in [-0.15, -0.1) is 0 Å². The van der Waals surface area contributed by atoms with E-state index in [0.717, 1.165) is 30.5 Å². The normalized spacial score (nSPS) is 15.3. The fourth-order valence-electron chi connectivity index (χ4n) is 3.81. The van der Waals surface area contributed by atoms with Crippen LogP contribution in [0.15, 0.2) is 22.7 Å². The molecular formula is C22H28N2O6. The van der Waals surface area contributed by atoms with Crippen LogP contribution in [0.3, 0.4) is 0 Å². The number of aromatic nitrogens is 1. The van der Waals surface area contributed by atoms with Crippen LogP contribution < -0.4 is 14.8 Å². The summed E-state index contributed by atoms with van der Waals surface area (Å²) in [6.45, 7) is 3.95. The van der Waals surface area contributed by atoms with E-state index in [-0.39, 0.29) is 12.5 Å². The Balaban J connectivity index is 1.76. The van der Waals surface area contributed by atoms with Crippen LogP contribution in [-0.2, 0) is 16.1 Å². The van der Waals surface area contributed by atoms with Crippen molar-refractivity contribution < 1.29 is 28.3 Å². The average Bonchev–Trinajstić information content (AvgIpc) is 3.09. The molecule has 1 N–H and O–H groups in total. The van der Waals surface area contributed by atoms with Crippen molar-refractivity contribution in [3.05, 3.63) is 40.8 Å². The van der Waals surface area contributed by atoms with Gasteiger partial charge in [0.2, 0.25) is 0 Å². The number of nitrogens with one attached hydrogen (secondary N) is 1. The molecule has 1 heterocycles. The van der Waals surface area contributed by atoms with Gasteiger partial charge in [-0.1, -0.05) is 24.4 Å². The summed E-state index contributed by atoms with van der Waals surface area (Å²) in [6.07, 6.45) is 3.92. The first-order valence-corrected chi connectivity index (χ1v) is 10.0. The molecule has 2 aromatic rings. The zero-order valence-electron chi connectivity index (χ0n) is 17.9. The van der Waals surface area contributed by atoms with Gasteiger partial charge in [0.05, 0.1) is 25.5 Å². The van der Waals surface area contributed by atoms with Crippen LogP contribution >= 0.6 is 0 Å². The molecule has 8 heteroatoms. The van der Waals surface area contributed by atoms with Crippen LogP contribution in [0.25, 0.3) is 0 Å². The van der Waals surface area contributed by atoms with Crippen LogP contribution in [0.2, 0.25) is 0 Å². The molecule has 8 nitrogen and oxygen atoms in total. The lowest BCUT2D eigenvalue weighted by Crippen LogP contribution is -2.56. The number of hydrogen-bond donors (Lipinski definition) is 1. The Labute approximate surface area is 175 Å². The summed E-state index contributed by atoms with van der Waals surface area (Å²) in [4.78, 5) is 25.3.